The average Bonchev–Trinajstić information content (AvgIpc) is 2.54. The molecule has 0 aliphatic carbocycles. The van der Waals surface area contributed by atoms with Crippen LogP contribution < -0.4 is 15.2 Å². The Morgan fingerprint density at radius 1 is 1.29 bits per heavy atom. The van der Waals surface area contributed by atoms with Crippen LogP contribution in [0.1, 0.15) is 12.0 Å². The Bertz CT molecular complexity index is 360. The number of nitrogens with two attached hydrogens (primary N) is 1. The molecular formula is C12H18ClNO3. The van der Waals surface area contributed by atoms with E-state index in [1.54, 1.807) is 0 Å². The number of fused-ring (bicyclic) bond motifs is 1. The zero-order chi connectivity index (χ0) is 11.4. The smallest absolute Gasteiger partial charge is 0.164 e. The fraction of sp³-hybridized carbons (Fsp3) is 0.500. The summed E-state index contributed by atoms with van der Waals surface area (Å²) in [5.41, 5.74) is 6.73. The largest absolute Gasteiger partial charge is 0.490 e. The molecule has 1 heterocycles. The number of ether oxygens (including phenoxy) is 2. The molecule has 5 heteroatoms. The van der Waals surface area contributed by atoms with E-state index in [9.17, 15) is 0 Å². The Hall–Kier alpha value is -0.970. The highest BCUT2D eigenvalue weighted by molar-refractivity contribution is 5.85. The molecule has 17 heavy (non-hydrogen) atoms. The van der Waals surface area contributed by atoms with Crippen LogP contribution in [0.15, 0.2) is 18.2 Å². The molecule has 0 saturated carbocycles. The van der Waals surface area contributed by atoms with Crippen LogP contribution in [-0.4, -0.2) is 31.0 Å². The highest BCUT2D eigenvalue weighted by Crippen LogP contribution is 2.33. The summed E-state index contributed by atoms with van der Waals surface area (Å²) in [7, 11) is 0. The quantitative estimate of drug-likeness (QED) is 0.854. The standard InChI is InChI=1S/C12H17NO3.ClH/c13-10(8-14)7-9-3-1-4-11-12(9)16-6-2-5-15-11;/h1,3-4,10,14H,2,5-8,13H2;1H. The molecule has 1 atom stereocenters. The van der Waals surface area contributed by atoms with Crippen LogP contribution in [0.5, 0.6) is 11.5 Å². The third kappa shape index (κ3) is 3.49. The molecule has 1 aliphatic rings. The SMILES string of the molecule is Cl.NC(CO)Cc1cccc2c1OCCCO2. The fourth-order valence-corrected chi connectivity index (χ4v) is 1.76. The second kappa shape index (κ2) is 6.69. The Kier molecular flexibility index (Phi) is 5.55. The average molecular weight is 260 g/mol. The lowest BCUT2D eigenvalue weighted by molar-refractivity contribution is 0.263. The van der Waals surface area contributed by atoms with Crippen LogP contribution >= 0.6 is 12.4 Å². The second-order valence-electron chi connectivity index (χ2n) is 3.94. The Labute approximate surface area is 107 Å². The van der Waals surface area contributed by atoms with Crippen molar-refractivity contribution in [3.63, 3.8) is 0 Å². The second-order valence-corrected chi connectivity index (χ2v) is 3.94. The number of para-hydroxylation sites is 1. The number of aliphatic hydroxyl groups excluding tert-OH is 1. The van der Waals surface area contributed by atoms with Crippen molar-refractivity contribution in [3.05, 3.63) is 23.8 Å². The van der Waals surface area contributed by atoms with E-state index in [1.807, 2.05) is 18.2 Å². The van der Waals surface area contributed by atoms with E-state index in [2.05, 4.69) is 0 Å². The van der Waals surface area contributed by atoms with Crippen molar-refractivity contribution in [1.82, 2.24) is 0 Å². The summed E-state index contributed by atoms with van der Waals surface area (Å²) in [6.07, 6.45) is 1.49. The fourth-order valence-electron chi connectivity index (χ4n) is 1.76. The van der Waals surface area contributed by atoms with E-state index in [1.165, 1.54) is 0 Å². The molecule has 4 nitrogen and oxygen atoms in total. The van der Waals surface area contributed by atoms with Gasteiger partial charge in [0.25, 0.3) is 0 Å². The summed E-state index contributed by atoms with van der Waals surface area (Å²) < 4.78 is 11.2. The van der Waals surface area contributed by atoms with Crippen molar-refractivity contribution >= 4 is 12.4 Å². The van der Waals surface area contributed by atoms with E-state index in [0.29, 0.717) is 19.6 Å². The summed E-state index contributed by atoms with van der Waals surface area (Å²) in [5, 5.41) is 8.96. The van der Waals surface area contributed by atoms with Gasteiger partial charge in [0.2, 0.25) is 0 Å². The van der Waals surface area contributed by atoms with Gasteiger partial charge in [-0.25, -0.2) is 0 Å². The monoisotopic (exact) mass is 259 g/mol. The molecule has 0 amide bonds. The molecular weight excluding hydrogens is 242 g/mol. The van der Waals surface area contributed by atoms with E-state index in [4.69, 9.17) is 20.3 Å². The first kappa shape index (κ1) is 14.1. The number of aliphatic hydroxyl groups is 1. The van der Waals surface area contributed by atoms with Crippen LogP contribution in [-0.2, 0) is 6.42 Å². The first-order valence-electron chi connectivity index (χ1n) is 5.55. The minimum atomic E-state index is -0.252. The Morgan fingerprint density at radius 2 is 2.06 bits per heavy atom. The lowest BCUT2D eigenvalue weighted by Crippen LogP contribution is -2.27. The van der Waals surface area contributed by atoms with Gasteiger partial charge in [0.1, 0.15) is 0 Å². The summed E-state index contributed by atoms with van der Waals surface area (Å²) >= 11 is 0. The number of halogens is 1. The summed E-state index contributed by atoms with van der Waals surface area (Å²) in [6, 6.07) is 5.53. The molecule has 0 spiro atoms. The van der Waals surface area contributed by atoms with Crippen LogP contribution in [0.4, 0.5) is 0 Å². The number of benzene rings is 1. The third-order valence-corrected chi connectivity index (χ3v) is 2.57. The summed E-state index contributed by atoms with van der Waals surface area (Å²) in [6.45, 7) is 1.32. The van der Waals surface area contributed by atoms with E-state index >= 15 is 0 Å². The highest BCUT2D eigenvalue weighted by Gasteiger charge is 2.15. The molecule has 0 bridgehead atoms. The maximum absolute atomic E-state index is 8.96. The van der Waals surface area contributed by atoms with E-state index in [-0.39, 0.29) is 25.1 Å². The number of hydrogen-bond acceptors (Lipinski definition) is 4. The van der Waals surface area contributed by atoms with Gasteiger partial charge in [-0.05, 0) is 18.1 Å². The Morgan fingerprint density at radius 3 is 2.82 bits per heavy atom. The normalized spacial score (nSPS) is 15.6. The van der Waals surface area contributed by atoms with Crippen molar-refractivity contribution in [2.45, 2.75) is 18.9 Å². The van der Waals surface area contributed by atoms with Gasteiger partial charge in [-0.1, -0.05) is 12.1 Å². The predicted octanol–water partition coefficient (Wildman–Crippen LogP) is 1.13. The summed E-state index contributed by atoms with van der Waals surface area (Å²) in [4.78, 5) is 0. The van der Waals surface area contributed by atoms with Crippen molar-refractivity contribution in [2.24, 2.45) is 5.73 Å². The predicted molar refractivity (Wildman–Crippen MR) is 68.1 cm³/mol. The van der Waals surface area contributed by atoms with Crippen molar-refractivity contribution in [1.29, 1.82) is 0 Å². The summed E-state index contributed by atoms with van der Waals surface area (Å²) in [5.74, 6) is 1.56. The number of rotatable bonds is 3. The van der Waals surface area contributed by atoms with Crippen LogP contribution in [0, 0.1) is 0 Å². The van der Waals surface area contributed by atoms with Crippen molar-refractivity contribution in [2.75, 3.05) is 19.8 Å². The first-order valence-corrected chi connectivity index (χ1v) is 5.55. The lowest BCUT2D eigenvalue weighted by atomic mass is 10.1. The molecule has 96 valence electrons. The third-order valence-electron chi connectivity index (χ3n) is 2.57. The first-order chi connectivity index (χ1) is 7.81. The van der Waals surface area contributed by atoms with Gasteiger partial charge in [-0.15, -0.1) is 12.4 Å². The van der Waals surface area contributed by atoms with Crippen LogP contribution in [0.3, 0.4) is 0 Å². The maximum Gasteiger partial charge on any atom is 0.164 e. The molecule has 0 radical (unpaired) electrons. The molecule has 0 saturated heterocycles. The van der Waals surface area contributed by atoms with Gasteiger partial charge in [-0.3, -0.25) is 0 Å². The van der Waals surface area contributed by atoms with Gasteiger partial charge < -0.3 is 20.3 Å². The molecule has 2 rings (SSSR count). The molecule has 3 N–H and O–H groups in total. The highest BCUT2D eigenvalue weighted by atomic mass is 35.5. The zero-order valence-electron chi connectivity index (χ0n) is 9.59. The van der Waals surface area contributed by atoms with Crippen molar-refractivity contribution in [3.8, 4) is 11.5 Å². The molecule has 1 aromatic rings. The van der Waals surface area contributed by atoms with Crippen LogP contribution in [0.2, 0.25) is 0 Å². The molecule has 0 fully saturated rings. The number of hydrogen-bond donors (Lipinski definition) is 2. The zero-order valence-corrected chi connectivity index (χ0v) is 10.4. The molecule has 1 aromatic carbocycles. The minimum absolute atomic E-state index is 0. The van der Waals surface area contributed by atoms with Gasteiger partial charge in [0.05, 0.1) is 19.8 Å². The van der Waals surface area contributed by atoms with Gasteiger partial charge in [0, 0.05) is 12.5 Å². The van der Waals surface area contributed by atoms with Gasteiger partial charge in [-0.2, -0.15) is 0 Å². The van der Waals surface area contributed by atoms with Gasteiger partial charge in [0.15, 0.2) is 11.5 Å². The van der Waals surface area contributed by atoms with E-state index in [0.717, 1.165) is 23.5 Å². The molecule has 0 aromatic heterocycles. The van der Waals surface area contributed by atoms with Crippen molar-refractivity contribution < 1.29 is 14.6 Å². The van der Waals surface area contributed by atoms with Gasteiger partial charge >= 0.3 is 0 Å². The van der Waals surface area contributed by atoms with E-state index < -0.39 is 0 Å². The Balaban J connectivity index is 0.00000144. The minimum Gasteiger partial charge on any atom is -0.490 e. The molecule has 1 aliphatic heterocycles. The molecule has 1 unspecified atom stereocenters. The maximum atomic E-state index is 8.96. The topological polar surface area (TPSA) is 64.7 Å². The van der Waals surface area contributed by atoms with Crippen LogP contribution in [0.25, 0.3) is 0 Å². The lowest BCUT2D eigenvalue weighted by Gasteiger charge is -2.14.